The van der Waals surface area contributed by atoms with Gasteiger partial charge in [0.1, 0.15) is 16.7 Å². The second-order valence-electron chi connectivity index (χ2n) is 8.09. The first kappa shape index (κ1) is 20.4. The number of nitrogens with one attached hydrogen (secondary N) is 3. The smallest absolute Gasteiger partial charge is 0.273 e. The average Bonchev–Trinajstić information content (AvgIpc) is 2.84. The molecule has 0 bridgehead atoms. The molecule has 0 aromatic carbocycles. The van der Waals surface area contributed by atoms with Crippen LogP contribution in [0.5, 0.6) is 0 Å². The maximum Gasteiger partial charge on any atom is 0.273 e. The molecule has 1 amide bonds. The maximum atomic E-state index is 13.0. The standard InChI is InChI=1S/C20H25N5O4S/c1-12-4-6-15(22-11-12)18(26)23-13-5-7-16-14(10-13)20(2)17(8-9-29-16)30(27,28)25(3)19(21)24-20/h4-7,11,14,17H,8-10H2,1-3H3,(H2,21,24)(H,23,26)/t14?,17?,20-/m1/s1. The van der Waals surface area contributed by atoms with E-state index in [2.05, 4.69) is 15.6 Å². The molecule has 2 fully saturated rings. The van der Waals surface area contributed by atoms with Gasteiger partial charge in [0.05, 0.1) is 12.1 Å². The van der Waals surface area contributed by atoms with Gasteiger partial charge in [-0.2, -0.15) is 0 Å². The van der Waals surface area contributed by atoms with Gasteiger partial charge in [-0.15, -0.1) is 0 Å². The van der Waals surface area contributed by atoms with Gasteiger partial charge in [0.25, 0.3) is 5.91 Å². The van der Waals surface area contributed by atoms with Gasteiger partial charge in [0, 0.05) is 31.3 Å². The van der Waals surface area contributed by atoms with Crippen LogP contribution in [0.25, 0.3) is 0 Å². The summed E-state index contributed by atoms with van der Waals surface area (Å²) in [5.41, 5.74) is 0.963. The lowest BCUT2D eigenvalue weighted by Crippen LogP contribution is -2.70. The summed E-state index contributed by atoms with van der Waals surface area (Å²) >= 11 is 0. The Hall–Kier alpha value is -2.88. The van der Waals surface area contributed by atoms with Crippen LogP contribution in [0, 0.1) is 18.3 Å². The molecule has 0 saturated carbocycles. The second-order valence-corrected chi connectivity index (χ2v) is 10.2. The summed E-state index contributed by atoms with van der Waals surface area (Å²) in [6, 6.07) is 3.48. The van der Waals surface area contributed by atoms with E-state index in [4.69, 9.17) is 10.1 Å². The van der Waals surface area contributed by atoms with Crippen LogP contribution in [-0.2, 0) is 14.8 Å². The van der Waals surface area contributed by atoms with E-state index in [1.54, 1.807) is 24.4 Å². The number of hydrogen-bond donors (Lipinski definition) is 3. The monoisotopic (exact) mass is 431 g/mol. The fourth-order valence-corrected chi connectivity index (χ4v) is 6.25. The molecule has 0 radical (unpaired) electrons. The van der Waals surface area contributed by atoms with Gasteiger partial charge in [-0.25, -0.2) is 12.7 Å². The van der Waals surface area contributed by atoms with E-state index in [-0.39, 0.29) is 24.4 Å². The van der Waals surface area contributed by atoms with Crippen LogP contribution in [-0.4, -0.2) is 54.0 Å². The van der Waals surface area contributed by atoms with Crippen LogP contribution in [0.15, 0.2) is 41.9 Å². The van der Waals surface area contributed by atoms with E-state index in [1.807, 2.05) is 19.9 Å². The lowest BCUT2D eigenvalue weighted by Gasteiger charge is -2.49. The number of ether oxygens (including phenoxy) is 1. The molecule has 2 unspecified atom stereocenters. The fourth-order valence-electron chi connectivity index (χ4n) is 4.33. The molecular formula is C20H25N5O4S. The first-order chi connectivity index (χ1) is 14.1. The lowest BCUT2D eigenvalue weighted by atomic mass is 9.76. The summed E-state index contributed by atoms with van der Waals surface area (Å²) in [5.74, 6) is -0.198. The Morgan fingerprint density at radius 2 is 2.17 bits per heavy atom. The Balaban J connectivity index is 1.62. The quantitative estimate of drug-likeness (QED) is 0.647. The fraction of sp³-hybridized carbons (Fsp3) is 0.450. The number of aromatic nitrogens is 1. The summed E-state index contributed by atoms with van der Waals surface area (Å²) in [6.07, 6.45) is 5.86. The average molecular weight is 432 g/mol. The predicted octanol–water partition coefficient (Wildman–Crippen LogP) is 1.25. The maximum absolute atomic E-state index is 13.0. The first-order valence-electron chi connectivity index (χ1n) is 9.75. The summed E-state index contributed by atoms with van der Waals surface area (Å²) in [6.45, 7) is 3.98. The van der Waals surface area contributed by atoms with Crippen LogP contribution in [0.1, 0.15) is 35.8 Å². The molecule has 160 valence electrons. The predicted molar refractivity (Wildman–Crippen MR) is 111 cm³/mol. The van der Waals surface area contributed by atoms with Crippen molar-refractivity contribution in [1.29, 1.82) is 5.41 Å². The van der Waals surface area contributed by atoms with Crippen LogP contribution >= 0.6 is 0 Å². The number of amides is 1. The van der Waals surface area contributed by atoms with Crippen molar-refractivity contribution in [2.75, 3.05) is 13.7 Å². The van der Waals surface area contributed by atoms with Crippen molar-refractivity contribution in [2.24, 2.45) is 5.92 Å². The van der Waals surface area contributed by atoms with Crippen molar-refractivity contribution in [2.45, 2.75) is 37.5 Å². The number of fused-ring (bicyclic) bond motifs is 3. The van der Waals surface area contributed by atoms with Crippen molar-refractivity contribution in [3.05, 3.63) is 53.2 Å². The molecule has 9 nitrogen and oxygen atoms in total. The molecule has 3 atom stereocenters. The van der Waals surface area contributed by atoms with Gasteiger partial charge >= 0.3 is 0 Å². The number of nitrogens with zero attached hydrogens (tertiary/aromatic N) is 2. The summed E-state index contributed by atoms with van der Waals surface area (Å²) < 4.78 is 32.9. The molecule has 30 heavy (non-hydrogen) atoms. The molecule has 1 aromatic rings. The van der Waals surface area contributed by atoms with Crippen molar-refractivity contribution < 1.29 is 17.9 Å². The van der Waals surface area contributed by atoms with Gasteiger partial charge < -0.3 is 15.4 Å². The van der Waals surface area contributed by atoms with Gasteiger partial charge in [-0.3, -0.25) is 15.2 Å². The van der Waals surface area contributed by atoms with Crippen LogP contribution in [0.4, 0.5) is 0 Å². The minimum atomic E-state index is -3.71. The topological polar surface area (TPSA) is 124 Å². The Labute approximate surface area is 175 Å². The number of carbonyl (C=O) groups is 1. The molecule has 2 aliphatic heterocycles. The highest BCUT2D eigenvalue weighted by Crippen LogP contribution is 2.43. The van der Waals surface area contributed by atoms with E-state index >= 15 is 0 Å². The number of allylic oxidation sites excluding steroid dienone is 3. The number of sulfonamides is 1. The molecule has 0 spiro atoms. The third-order valence-electron chi connectivity index (χ3n) is 6.12. The highest BCUT2D eigenvalue weighted by atomic mass is 32.2. The third-order valence-corrected chi connectivity index (χ3v) is 8.51. The minimum absolute atomic E-state index is 0.168. The number of carbonyl (C=O) groups excluding carboxylic acids is 1. The molecule has 2 saturated heterocycles. The van der Waals surface area contributed by atoms with Gasteiger partial charge in [0.15, 0.2) is 0 Å². The zero-order chi connectivity index (χ0) is 21.7. The highest BCUT2D eigenvalue weighted by molar-refractivity contribution is 7.90. The Bertz CT molecular complexity index is 1060. The van der Waals surface area contributed by atoms with Crippen molar-refractivity contribution in [3.8, 4) is 0 Å². The van der Waals surface area contributed by atoms with Crippen LogP contribution in [0.2, 0.25) is 0 Å². The van der Waals surface area contributed by atoms with Crippen molar-refractivity contribution >= 4 is 21.9 Å². The van der Waals surface area contributed by atoms with E-state index in [0.717, 1.165) is 9.87 Å². The van der Waals surface area contributed by atoms with E-state index in [9.17, 15) is 13.2 Å². The van der Waals surface area contributed by atoms with E-state index in [1.165, 1.54) is 7.05 Å². The van der Waals surface area contributed by atoms with Crippen molar-refractivity contribution in [3.63, 3.8) is 0 Å². The zero-order valence-electron chi connectivity index (χ0n) is 17.1. The van der Waals surface area contributed by atoms with Crippen LogP contribution in [0.3, 0.4) is 0 Å². The number of aryl methyl sites for hydroxylation is 1. The van der Waals surface area contributed by atoms with Crippen molar-refractivity contribution in [1.82, 2.24) is 19.9 Å². The largest absolute Gasteiger partial charge is 0.497 e. The SMILES string of the molecule is Cc1ccc(C(=O)NC2=CC=C3OCCC4[C@](C)(NC(=N)N(C)S4(=O)=O)C3C2)nc1. The van der Waals surface area contributed by atoms with Gasteiger partial charge in [-0.1, -0.05) is 6.07 Å². The molecule has 10 heteroatoms. The molecule has 3 heterocycles. The Kier molecular flexibility index (Phi) is 4.84. The molecule has 3 aliphatic rings. The van der Waals surface area contributed by atoms with E-state index in [0.29, 0.717) is 30.0 Å². The summed E-state index contributed by atoms with van der Waals surface area (Å²) in [7, 11) is -2.33. The van der Waals surface area contributed by atoms with E-state index < -0.39 is 20.8 Å². The summed E-state index contributed by atoms with van der Waals surface area (Å²) in [5, 5.41) is 13.4. The molecule has 1 aromatic heterocycles. The second kappa shape index (κ2) is 7.12. The molecule has 4 rings (SSSR count). The minimum Gasteiger partial charge on any atom is -0.497 e. The lowest BCUT2D eigenvalue weighted by molar-refractivity contribution is 0.0954. The zero-order valence-corrected chi connectivity index (χ0v) is 17.9. The molecular weight excluding hydrogens is 406 g/mol. The van der Waals surface area contributed by atoms with Gasteiger partial charge in [0.2, 0.25) is 16.0 Å². The first-order valence-corrected chi connectivity index (χ1v) is 11.3. The molecule has 1 aliphatic carbocycles. The number of hydrogen-bond acceptors (Lipinski definition) is 6. The number of guanidine groups is 1. The normalized spacial score (nSPS) is 29.8. The number of pyridine rings is 1. The summed E-state index contributed by atoms with van der Waals surface area (Å²) in [4.78, 5) is 16.7. The van der Waals surface area contributed by atoms with Gasteiger partial charge in [-0.05, 0) is 44.1 Å². The highest BCUT2D eigenvalue weighted by Gasteiger charge is 2.56. The Morgan fingerprint density at radius 1 is 1.40 bits per heavy atom. The number of rotatable bonds is 2. The Morgan fingerprint density at radius 3 is 2.87 bits per heavy atom. The van der Waals surface area contributed by atoms with Crippen LogP contribution < -0.4 is 10.6 Å². The molecule has 3 N–H and O–H groups in total. The third kappa shape index (κ3) is 3.24.